The average Bonchev–Trinajstić information content (AvgIpc) is 2.67. The van der Waals surface area contributed by atoms with Gasteiger partial charge in [-0.05, 0) is 74.5 Å². The summed E-state index contributed by atoms with van der Waals surface area (Å²) in [5.41, 5.74) is 6.06. The lowest BCUT2D eigenvalue weighted by Crippen LogP contribution is -2.21. The minimum absolute atomic E-state index is 0.864. The van der Waals surface area contributed by atoms with Gasteiger partial charge in [0.05, 0.1) is 7.11 Å². The number of benzene rings is 2. The molecule has 1 unspecified atom stereocenters. The van der Waals surface area contributed by atoms with E-state index in [-0.39, 0.29) is 0 Å². The van der Waals surface area contributed by atoms with Crippen LogP contribution in [-0.4, -0.2) is 7.11 Å². The summed E-state index contributed by atoms with van der Waals surface area (Å²) < 4.78 is 6.44. The molecule has 0 amide bonds. The van der Waals surface area contributed by atoms with Crippen LogP contribution in [0, 0.1) is 0 Å². The molecule has 27 heavy (non-hydrogen) atoms. The first-order valence-corrected chi connectivity index (χ1v) is 10.6. The van der Waals surface area contributed by atoms with E-state index in [9.17, 15) is 0 Å². The molecule has 0 heterocycles. The van der Waals surface area contributed by atoms with Crippen LogP contribution < -0.4 is 14.9 Å². The number of anilines is 1. The van der Waals surface area contributed by atoms with Gasteiger partial charge >= 0.3 is 0 Å². The van der Waals surface area contributed by atoms with Gasteiger partial charge in [0.2, 0.25) is 0 Å². The Bertz CT molecular complexity index is 836. The molecular formula is C23H29BrNOP. The van der Waals surface area contributed by atoms with Crippen molar-refractivity contribution in [1.29, 1.82) is 0 Å². The van der Waals surface area contributed by atoms with Crippen molar-refractivity contribution in [3.63, 3.8) is 0 Å². The van der Waals surface area contributed by atoms with Crippen molar-refractivity contribution in [3.05, 3.63) is 69.8 Å². The summed E-state index contributed by atoms with van der Waals surface area (Å²) in [6, 6.07) is 14.8. The normalized spacial score (nSPS) is 11.3. The maximum atomic E-state index is 5.34. The lowest BCUT2D eigenvalue weighted by Gasteiger charge is -2.30. The number of ether oxygens (including phenoxy) is 1. The molecule has 0 saturated carbocycles. The highest BCUT2D eigenvalue weighted by Crippen LogP contribution is 2.33. The lowest BCUT2D eigenvalue weighted by atomic mass is 10.1. The Balaban J connectivity index is 2.65. The highest BCUT2D eigenvalue weighted by Gasteiger charge is 2.17. The van der Waals surface area contributed by atoms with Gasteiger partial charge in [0, 0.05) is 21.6 Å². The largest absolute Gasteiger partial charge is 0.497 e. The van der Waals surface area contributed by atoms with Crippen molar-refractivity contribution in [2.24, 2.45) is 0 Å². The van der Waals surface area contributed by atoms with E-state index in [4.69, 9.17) is 4.74 Å². The zero-order valence-corrected chi connectivity index (χ0v) is 19.6. The Hall–Kier alpha value is -1.57. The molecule has 0 aliphatic rings. The van der Waals surface area contributed by atoms with Crippen LogP contribution in [0.2, 0.25) is 0 Å². The number of halogens is 1. The van der Waals surface area contributed by atoms with Crippen molar-refractivity contribution in [3.8, 4) is 5.75 Å². The number of allylic oxidation sites excluding steroid dienone is 3. The monoisotopic (exact) mass is 445 g/mol. The first-order chi connectivity index (χ1) is 12.9. The Labute approximate surface area is 174 Å². The van der Waals surface area contributed by atoms with E-state index < -0.39 is 0 Å². The first-order valence-electron chi connectivity index (χ1n) is 9.22. The molecule has 2 rings (SSSR count). The Morgan fingerprint density at radius 3 is 2.30 bits per heavy atom. The lowest BCUT2D eigenvalue weighted by molar-refractivity contribution is 0.415. The standard InChI is InChI=1S/C23H29BrNOP/c1-6-7-8-22(18-9-14-21(24)23(27)15-18)25(17(4)16(2)3)19-10-12-20(26-5)13-11-19/h8-15H,6-7,27H2,1-5H3/b22-8+. The summed E-state index contributed by atoms with van der Waals surface area (Å²) in [5.74, 6) is 0.864. The smallest absolute Gasteiger partial charge is 0.119 e. The first kappa shape index (κ1) is 21.7. The van der Waals surface area contributed by atoms with Crippen molar-refractivity contribution in [1.82, 2.24) is 0 Å². The van der Waals surface area contributed by atoms with E-state index in [1.54, 1.807) is 7.11 Å². The maximum Gasteiger partial charge on any atom is 0.119 e. The van der Waals surface area contributed by atoms with E-state index in [2.05, 4.69) is 94.2 Å². The summed E-state index contributed by atoms with van der Waals surface area (Å²) in [7, 11) is 4.51. The molecule has 4 heteroatoms. The van der Waals surface area contributed by atoms with Crippen LogP contribution in [0.1, 0.15) is 46.1 Å². The average molecular weight is 446 g/mol. The molecule has 1 atom stereocenters. The highest BCUT2D eigenvalue weighted by molar-refractivity contribution is 9.10. The second-order valence-electron chi connectivity index (χ2n) is 6.73. The predicted molar refractivity (Wildman–Crippen MR) is 126 cm³/mol. The molecule has 144 valence electrons. The summed E-state index contributed by atoms with van der Waals surface area (Å²) >= 11 is 3.60. The fraction of sp³-hybridized carbons (Fsp3) is 0.304. The molecule has 0 radical (unpaired) electrons. The number of methoxy groups -OCH3 is 1. The van der Waals surface area contributed by atoms with Crippen molar-refractivity contribution >= 4 is 41.9 Å². The molecule has 0 spiro atoms. The molecular weight excluding hydrogens is 417 g/mol. The molecule has 0 N–H and O–H groups in total. The highest BCUT2D eigenvalue weighted by atomic mass is 79.9. The second-order valence-corrected chi connectivity index (χ2v) is 8.21. The zero-order valence-electron chi connectivity index (χ0n) is 16.8. The van der Waals surface area contributed by atoms with Gasteiger partial charge in [-0.25, -0.2) is 0 Å². The van der Waals surface area contributed by atoms with Crippen molar-refractivity contribution in [2.75, 3.05) is 12.0 Å². The molecule has 0 fully saturated rings. The minimum atomic E-state index is 0.864. The number of hydrogen-bond acceptors (Lipinski definition) is 2. The SMILES string of the molecule is CCC/C=C(\c1ccc(Br)c(P)c1)N(C(C)=C(C)C)c1ccc(OC)cc1. The number of hydrogen-bond donors (Lipinski definition) is 0. The number of unbranched alkanes of at least 4 members (excludes halogenated alkanes) is 1. The zero-order chi connectivity index (χ0) is 20.0. The number of rotatable bonds is 7. The van der Waals surface area contributed by atoms with Gasteiger partial charge in [0.25, 0.3) is 0 Å². The van der Waals surface area contributed by atoms with Crippen LogP contribution in [0.25, 0.3) is 5.70 Å². The molecule has 2 aromatic rings. The van der Waals surface area contributed by atoms with E-state index in [0.717, 1.165) is 34.1 Å². The van der Waals surface area contributed by atoms with Crippen LogP contribution in [-0.2, 0) is 0 Å². The van der Waals surface area contributed by atoms with Crippen molar-refractivity contribution in [2.45, 2.75) is 40.5 Å². The van der Waals surface area contributed by atoms with Crippen LogP contribution in [0.15, 0.2) is 64.3 Å². The topological polar surface area (TPSA) is 12.5 Å². The molecule has 0 saturated heterocycles. The van der Waals surface area contributed by atoms with Gasteiger partial charge in [0.15, 0.2) is 0 Å². The quantitative estimate of drug-likeness (QED) is 0.428. The maximum absolute atomic E-state index is 5.34. The third-order valence-electron chi connectivity index (χ3n) is 4.55. The van der Waals surface area contributed by atoms with E-state index >= 15 is 0 Å². The van der Waals surface area contributed by atoms with E-state index in [1.165, 1.54) is 22.5 Å². The Morgan fingerprint density at radius 2 is 1.78 bits per heavy atom. The predicted octanol–water partition coefficient (Wildman–Crippen LogP) is 6.92. The molecule has 0 aromatic heterocycles. The minimum Gasteiger partial charge on any atom is -0.497 e. The fourth-order valence-electron chi connectivity index (χ4n) is 2.79. The second kappa shape index (κ2) is 10.1. The van der Waals surface area contributed by atoms with Gasteiger partial charge in [0.1, 0.15) is 5.75 Å². The number of nitrogens with zero attached hydrogens (tertiary/aromatic N) is 1. The van der Waals surface area contributed by atoms with Gasteiger partial charge in [-0.3, -0.25) is 0 Å². The van der Waals surface area contributed by atoms with Crippen LogP contribution >= 0.6 is 25.2 Å². The van der Waals surface area contributed by atoms with Crippen LogP contribution in [0.5, 0.6) is 5.75 Å². The van der Waals surface area contributed by atoms with Gasteiger partial charge in [-0.2, -0.15) is 0 Å². The van der Waals surface area contributed by atoms with Gasteiger partial charge in [-0.1, -0.05) is 47.0 Å². The summed E-state index contributed by atoms with van der Waals surface area (Å²) in [6.45, 7) is 8.71. The van der Waals surface area contributed by atoms with Crippen LogP contribution in [0.4, 0.5) is 5.69 Å². The van der Waals surface area contributed by atoms with Crippen LogP contribution in [0.3, 0.4) is 0 Å². The van der Waals surface area contributed by atoms with E-state index in [1.807, 2.05) is 12.1 Å². The van der Waals surface area contributed by atoms with Crippen molar-refractivity contribution < 1.29 is 4.74 Å². The third-order valence-corrected chi connectivity index (χ3v) is 6.17. The van der Waals surface area contributed by atoms with E-state index in [0.29, 0.717) is 0 Å². The van der Waals surface area contributed by atoms with Gasteiger partial charge in [-0.15, -0.1) is 9.24 Å². The molecule has 2 nitrogen and oxygen atoms in total. The summed E-state index contributed by atoms with van der Waals surface area (Å²) in [4.78, 5) is 2.35. The molecule has 0 bridgehead atoms. The molecule has 2 aromatic carbocycles. The summed E-state index contributed by atoms with van der Waals surface area (Å²) in [6.07, 6.45) is 4.47. The molecule has 0 aliphatic carbocycles. The van der Waals surface area contributed by atoms with Gasteiger partial charge < -0.3 is 9.64 Å². The molecule has 0 aliphatic heterocycles. The Morgan fingerprint density at radius 1 is 1.11 bits per heavy atom. The third kappa shape index (κ3) is 5.46. The fourth-order valence-corrected chi connectivity index (χ4v) is 3.31. The Kier molecular flexibility index (Phi) is 8.13. The summed E-state index contributed by atoms with van der Waals surface area (Å²) in [5, 5.41) is 1.15.